The number of nitrogens with two attached hydrogens (primary N) is 1. The Morgan fingerprint density at radius 3 is 2.73 bits per heavy atom. The summed E-state index contributed by atoms with van der Waals surface area (Å²) >= 11 is 3.37. The van der Waals surface area contributed by atoms with Crippen molar-refractivity contribution in [2.45, 2.75) is 25.0 Å². The van der Waals surface area contributed by atoms with Crippen LogP contribution in [0.25, 0.3) is 0 Å². The van der Waals surface area contributed by atoms with E-state index in [0.717, 1.165) is 29.5 Å². The Morgan fingerprint density at radius 2 is 2.14 bits per heavy atom. The number of piperidine rings is 1. The van der Waals surface area contributed by atoms with Gasteiger partial charge in [0.15, 0.2) is 0 Å². The molecule has 0 saturated carbocycles. The van der Waals surface area contributed by atoms with Gasteiger partial charge in [0.05, 0.1) is 12.6 Å². The van der Waals surface area contributed by atoms with Gasteiger partial charge in [0.2, 0.25) is 5.91 Å². The predicted molar refractivity (Wildman–Crippen MR) is 94.5 cm³/mol. The average molecular weight is 393 g/mol. The zero-order valence-electron chi connectivity index (χ0n) is 12.6. The quantitative estimate of drug-likeness (QED) is 0.806. The molecule has 0 radical (unpaired) electrons. The minimum atomic E-state index is -0.00774. The molecule has 2 rings (SSSR count). The van der Waals surface area contributed by atoms with Gasteiger partial charge in [-0.25, -0.2) is 0 Å². The number of carbonyl (C=O) groups is 1. The van der Waals surface area contributed by atoms with Gasteiger partial charge >= 0.3 is 0 Å². The van der Waals surface area contributed by atoms with Gasteiger partial charge in [-0.2, -0.15) is 0 Å². The molecule has 1 amide bonds. The number of rotatable bonds is 5. The van der Waals surface area contributed by atoms with Crippen molar-refractivity contribution in [3.8, 4) is 0 Å². The molecule has 0 aliphatic carbocycles. The van der Waals surface area contributed by atoms with Crippen LogP contribution in [0.2, 0.25) is 0 Å². The molecule has 0 bridgehead atoms. The molecule has 7 heteroatoms. The third-order valence-electron chi connectivity index (χ3n) is 3.87. The molecule has 0 spiro atoms. The number of likely N-dealkylation sites (tertiary alicyclic amines) is 1. The van der Waals surface area contributed by atoms with Crippen LogP contribution >= 0.6 is 28.3 Å². The smallest absolute Gasteiger partial charge is 0.238 e. The lowest BCUT2D eigenvalue weighted by Gasteiger charge is -2.37. The van der Waals surface area contributed by atoms with Crippen LogP contribution in [0.4, 0.5) is 5.69 Å². The van der Waals surface area contributed by atoms with Crippen LogP contribution in [0.15, 0.2) is 28.7 Å². The fraction of sp³-hybridized carbons (Fsp3) is 0.533. The molecule has 5 nitrogen and oxygen atoms in total. The van der Waals surface area contributed by atoms with Crippen LogP contribution in [0.1, 0.15) is 12.8 Å². The van der Waals surface area contributed by atoms with Gasteiger partial charge in [0.1, 0.15) is 0 Å². The molecule has 1 aromatic carbocycles. The number of nitrogens with zero attached hydrogens (tertiary/aromatic N) is 1. The summed E-state index contributed by atoms with van der Waals surface area (Å²) < 4.78 is 6.39. The summed E-state index contributed by atoms with van der Waals surface area (Å²) in [5.41, 5.74) is 6.63. The number of amides is 1. The van der Waals surface area contributed by atoms with Crippen molar-refractivity contribution in [3.63, 3.8) is 0 Å². The molecule has 1 aliphatic heterocycles. The van der Waals surface area contributed by atoms with Crippen LogP contribution in [0.3, 0.4) is 0 Å². The van der Waals surface area contributed by atoms with Crippen LogP contribution in [0, 0.1) is 0 Å². The molecule has 124 valence electrons. The highest BCUT2D eigenvalue weighted by Crippen LogP contribution is 2.19. The molecule has 2 unspecified atom stereocenters. The first-order valence-corrected chi connectivity index (χ1v) is 7.94. The predicted octanol–water partition coefficient (Wildman–Crippen LogP) is 2.25. The molecular weight excluding hydrogens is 370 g/mol. The fourth-order valence-electron chi connectivity index (χ4n) is 2.65. The van der Waals surface area contributed by atoms with E-state index in [1.165, 1.54) is 0 Å². The summed E-state index contributed by atoms with van der Waals surface area (Å²) in [6.07, 6.45) is 2.08. The van der Waals surface area contributed by atoms with Crippen molar-refractivity contribution in [3.05, 3.63) is 28.7 Å². The van der Waals surface area contributed by atoms with E-state index in [-0.39, 0.29) is 30.5 Å². The molecule has 1 heterocycles. The number of hydrogen-bond donors (Lipinski definition) is 2. The summed E-state index contributed by atoms with van der Waals surface area (Å²) in [6, 6.07) is 7.77. The molecule has 3 N–H and O–H groups in total. The van der Waals surface area contributed by atoms with Crippen molar-refractivity contribution < 1.29 is 9.53 Å². The first-order chi connectivity index (χ1) is 10.1. The lowest BCUT2D eigenvalue weighted by molar-refractivity contribution is -0.118. The molecule has 0 aromatic heterocycles. The largest absolute Gasteiger partial charge is 0.381 e. The van der Waals surface area contributed by atoms with Crippen molar-refractivity contribution >= 4 is 39.9 Å². The molecule has 2 atom stereocenters. The number of nitrogens with one attached hydrogen (secondary N) is 1. The van der Waals surface area contributed by atoms with Crippen LogP contribution in [0.5, 0.6) is 0 Å². The lowest BCUT2D eigenvalue weighted by atomic mass is 9.99. The summed E-state index contributed by atoms with van der Waals surface area (Å²) in [5.74, 6) is -0.00774. The highest BCUT2D eigenvalue weighted by molar-refractivity contribution is 9.10. The number of methoxy groups -OCH3 is 1. The Kier molecular flexibility index (Phi) is 8.35. The Labute approximate surface area is 146 Å². The normalized spacial score (nSPS) is 22.0. The van der Waals surface area contributed by atoms with Gasteiger partial charge in [0.25, 0.3) is 0 Å². The van der Waals surface area contributed by atoms with E-state index >= 15 is 0 Å². The molecule has 1 aliphatic rings. The number of carbonyl (C=O) groups excluding carboxylic acids is 1. The maximum absolute atomic E-state index is 12.1. The Bertz CT molecular complexity index is 472. The SMILES string of the molecule is COC1CCN(CC(=O)Nc2ccc(Br)cc2)C(CN)C1.Cl. The van der Waals surface area contributed by atoms with E-state index < -0.39 is 0 Å². The Balaban J connectivity index is 0.00000242. The second-order valence-corrected chi connectivity index (χ2v) is 6.21. The second kappa shape index (κ2) is 9.47. The zero-order valence-corrected chi connectivity index (χ0v) is 15.0. The van der Waals surface area contributed by atoms with E-state index in [2.05, 4.69) is 26.1 Å². The van der Waals surface area contributed by atoms with E-state index in [0.29, 0.717) is 13.1 Å². The minimum absolute atomic E-state index is 0. The summed E-state index contributed by atoms with van der Waals surface area (Å²) in [4.78, 5) is 14.3. The second-order valence-electron chi connectivity index (χ2n) is 5.30. The standard InChI is InChI=1S/C15H22BrN3O2.ClH/c1-21-14-6-7-19(13(8-14)9-17)10-15(20)18-12-4-2-11(16)3-5-12;/h2-5,13-14H,6-10,17H2,1H3,(H,18,20);1H. The maximum Gasteiger partial charge on any atom is 0.238 e. The molecule has 22 heavy (non-hydrogen) atoms. The van der Waals surface area contributed by atoms with E-state index in [1.807, 2.05) is 24.3 Å². The van der Waals surface area contributed by atoms with E-state index in [9.17, 15) is 4.79 Å². The molecular formula is C15H23BrClN3O2. The average Bonchev–Trinajstić information content (AvgIpc) is 2.50. The van der Waals surface area contributed by atoms with Gasteiger partial charge in [-0.15, -0.1) is 12.4 Å². The highest BCUT2D eigenvalue weighted by Gasteiger charge is 2.28. The van der Waals surface area contributed by atoms with Crippen molar-refractivity contribution in [2.75, 3.05) is 32.1 Å². The van der Waals surface area contributed by atoms with Gasteiger partial charge in [-0.1, -0.05) is 15.9 Å². The van der Waals surface area contributed by atoms with Crippen LogP contribution in [-0.4, -0.2) is 49.7 Å². The first-order valence-electron chi connectivity index (χ1n) is 7.14. The van der Waals surface area contributed by atoms with Crippen molar-refractivity contribution in [1.82, 2.24) is 4.90 Å². The summed E-state index contributed by atoms with van der Waals surface area (Å²) in [6.45, 7) is 1.76. The number of hydrogen-bond acceptors (Lipinski definition) is 4. The van der Waals surface area contributed by atoms with Gasteiger partial charge < -0.3 is 15.8 Å². The topological polar surface area (TPSA) is 67.6 Å². The Morgan fingerprint density at radius 1 is 1.45 bits per heavy atom. The van der Waals surface area contributed by atoms with Crippen LogP contribution in [-0.2, 0) is 9.53 Å². The minimum Gasteiger partial charge on any atom is -0.381 e. The monoisotopic (exact) mass is 391 g/mol. The van der Waals surface area contributed by atoms with Gasteiger partial charge in [-0.05, 0) is 37.1 Å². The third kappa shape index (κ3) is 5.52. The Hall–Kier alpha value is -0.660. The van der Waals surface area contributed by atoms with Crippen molar-refractivity contribution in [2.24, 2.45) is 5.73 Å². The van der Waals surface area contributed by atoms with Crippen LogP contribution < -0.4 is 11.1 Å². The number of halogens is 2. The number of benzene rings is 1. The summed E-state index contributed by atoms with van der Waals surface area (Å²) in [7, 11) is 1.73. The molecule has 1 fully saturated rings. The molecule has 1 aromatic rings. The highest BCUT2D eigenvalue weighted by atomic mass is 79.9. The first kappa shape index (κ1) is 19.4. The molecule has 1 saturated heterocycles. The van der Waals surface area contributed by atoms with Gasteiger partial charge in [0, 0.05) is 36.4 Å². The fourth-order valence-corrected chi connectivity index (χ4v) is 2.91. The van der Waals surface area contributed by atoms with E-state index in [1.54, 1.807) is 7.11 Å². The van der Waals surface area contributed by atoms with Gasteiger partial charge in [-0.3, -0.25) is 9.69 Å². The lowest BCUT2D eigenvalue weighted by Crippen LogP contribution is -2.50. The number of ether oxygens (including phenoxy) is 1. The third-order valence-corrected chi connectivity index (χ3v) is 4.40. The van der Waals surface area contributed by atoms with E-state index in [4.69, 9.17) is 10.5 Å². The van der Waals surface area contributed by atoms with Crippen molar-refractivity contribution in [1.29, 1.82) is 0 Å². The number of anilines is 1. The maximum atomic E-state index is 12.1. The summed E-state index contributed by atoms with van der Waals surface area (Å²) in [5, 5.41) is 2.91. The zero-order chi connectivity index (χ0) is 15.2.